The van der Waals surface area contributed by atoms with Crippen LogP contribution < -0.4 is 0 Å². The van der Waals surface area contributed by atoms with E-state index in [-0.39, 0.29) is 5.78 Å². The molecule has 0 amide bonds. The fourth-order valence-corrected chi connectivity index (χ4v) is 2.71. The Morgan fingerprint density at radius 1 is 1.21 bits per heavy atom. The van der Waals surface area contributed by atoms with Gasteiger partial charge in [-0.15, -0.1) is 11.3 Å². The third-order valence-corrected chi connectivity index (χ3v) is 3.86. The molecule has 0 bridgehead atoms. The van der Waals surface area contributed by atoms with Crippen LogP contribution in [0, 0.1) is 0 Å². The Morgan fingerprint density at radius 2 is 2.00 bits per heavy atom. The van der Waals surface area contributed by atoms with Gasteiger partial charge in [0.2, 0.25) is 0 Å². The predicted octanol–water partition coefficient (Wildman–Crippen LogP) is 4.03. The minimum Gasteiger partial charge on any atom is -0.366 e. The van der Waals surface area contributed by atoms with Crippen LogP contribution in [-0.4, -0.2) is 12.4 Å². The molecule has 0 saturated heterocycles. The van der Waals surface area contributed by atoms with Crippen molar-refractivity contribution >= 4 is 17.1 Å². The van der Waals surface area contributed by atoms with Crippen LogP contribution in [0.2, 0.25) is 0 Å². The van der Waals surface area contributed by atoms with Crippen LogP contribution in [-0.2, 0) is 16.0 Å². The van der Waals surface area contributed by atoms with Gasteiger partial charge in [-0.3, -0.25) is 4.79 Å². The zero-order chi connectivity index (χ0) is 13.5. The van der Waals surface area contributed by atoms with Gasteiger partial charge in [-0.25, -0.2) is 0 Å². The topological polar surface area (TPSA) is 26.3 Å². The number of benzene rings is 1. The molecule has 0 radical (unpaired) electrons. The van der Waals surface area contributed by atoms with Gasteiger partial charge in [0.1, 0.15) is 6.10 Å². The summed E-state index contributed by atoms with van der Waals surface area (Å²) in [4.78, 5) is 13.6. The number of Topliss-reactive ketones (excluding diaryl/α,β-unsaturated/α-hetero) is 1. The van der Waals surface area contributed by atoms with Crippen LogP contribution in [0.5, 0.6) is 0 Å². The van der Waals surface area contributed by atoms with Crippen molar-refractivity contribution in [2.24, 2.45) is 0 Å². The summed E-state index contributed by atoms with van der Waals surface area (Å²) in [7, 11) is 0. The van der Waals surface area contributed by atoms with E-state index in [2.05, 4.69) is 6.07 Å². The summed E-state index contributed by atoms with van der Waals surface area (Å²) < 4.78 is 5.61. The lowest BCUT2D eigenvalue weighted by atomic mass is 10.0. The van der Waals surface area contributed by atoms with Gasteiger partial charge in [0, 0.05) is 17.9 Å². The molecule has 3 heteroatoms. The average molecular weight is 274 g/mol. The van der Waals surface area contributed by atoms with E-state index in [4.69, 9.17) is 4.74 Å². The second kappa shape index (κ2) is 7.22. The lowest BCUT2D eigenvalue weighted by molar-refractivity contribution is -0.130. The van der Waals surface area contributed by atoms with Crippen molar-refractivity contribution in [1.82, 2.24) is 0 Å². The van der Waals surface area contributed by atoms with Gasteiger partial charge in [-0.1, -0.05) is 36.4 Å². The molecular formula is C16H18O2S. The normalized spacial score (nSPS) is 12.3. The second-order valence-electron chi connectivity index (χ2n) is 4.29. The summed E-state index contributed by atoms with van der Waals surface area (Å²) in [5.74, 6) is 0.154. The fourth-order valence-electron chi connectivity index (χ4n) is 2.00. The smallest absolute Gasteiger partial charge is 0.166 e. The summed E-state index contributed by atoms with van der Waals surface area (Å²) in [5, 5.41) is 2.04. The second-order valence-corrected chi connectivity index (χ2v) is 5.32. The van der Waals surface area contributed by atoms with Crippen molar-refractivity contribution < 1.29 is 9.53 Å². The maximum Gasteiger partial charge on any atom is 0.166 e. The summed E-state index contributed by atoms with van der Waals surface area (Å²) in [5.41, 5.74) is 0.945. The zero-order valence-corrected chi connectivity index (χ0v) is 11.9. The molecule has 0 aliphatic carbocycles. The van der Waals surface area contributed by atoms with E-state index in [9.17, 15) is 4.79 Å². The van der Waals surface area contributed by atoms with Crippen molar-refractivity contribution in [3.63, 3.8) is 0 Å². The molecule has 0 fully saturated rings. The molecule has 2 aromatic rings. The molecule has 2 nitrogen and oxygen atoms in total. The molecule has 0 saturated carbocycles. The number of rotatable bonds is 7. The largest absolute Gasteiger partial charge is 0.366 e. The lowest BCUT2D eigenvalue weighted by Crippen LogP contribution is -2.16. The van der Waals surface area contributed by atoms with Crippen LogP contribution in [0.15, 0.2) is 47.8 Å². The minimum atomic E-state index is -0.425. The van der Waals surface area contributed by atoms with Crippen LogP contribution in [0.25, 0.3) is 0 Å². The maximum absolute atomic E-state index is 12.3. The number of ketones is 1. The highest BCUT2D eigenvalue weighted by Gasteiger charge is 2.20. The molecule has 1 heterocycles. The first kappa shape index (κ1) is 14.0. The van der Waals surface area contributed by atoms with E-state index in [1.54, 1.807) is 11.3 Å². The highest BCUT2D eigenvalue weighted by molar-refractivity contribution is 7.09. The molecule has 1 unspecified atom stereocenters. The summed E-state index contributed by atoms with van der Waals surface area (Å²) >= 11 is 1.69. The number of hydrogen-bond donors (Lipinski definition) is 0. The van der Waals surface area contributed by atoms with E-state index < -0.39 is 6.10 Å². The van der Waals surface area contributed by atoms with Crippen LogP contribution in [0.4, 0.5) is 0 Å². The standard InChI is InChI=1S/C16H18O2S/c1-2-18-16(13-7-4-3-5-8-13)15(17)11-10-14-9-6-12-19-14/h3-9,12,16H,2,10-11H2,1H3. The number of carbonyl (C=O) groups is 1. The minimum absolute atomic E-state index is 0.154. The Morgan fingerprint density at radius 3 is 2.63 bits per heavy atom. The first-order valence-corrected chi connectivity index (χ1v) is 7.41. The van der Waals surface area contributed by atoms with Gasteiger partial charge in [0.15, 0.2) is 5.78 Å². The molecule has 19 heavy (non-hydrogen) atoms. The summed E-state index contributed by atoms with van der Waals surface area (Å²) in [6, 6.07) is 13.8. The number of carbonyl (C=O) groups excluding carboxylic acids is 1. The Labute approximate surface area is 118 Å². The van der Waals surface area contributed by atoms with Crippen molar-refractivity contribution in [2.45, 2.75) is 25.9 Å². The SMILES string of the molecule is CCOC(C(=O)CCc1cccs1)c1ccccc1. The van der Waals surface area contributed by atoms with Gasteiger partial charge >= 0.3 is 0 Å². The molecule has 0 N–H and O–H groups in total. The monoisotopic (exact) mass is 274 g/mol. The number of thiophene rings is 1. The van der Waals surface area contributed by atoms with E-state index in [1.807, 2.05) is 48.7 Å². The first-order valence-electron chi connectivity index (χ1n) is 6.53. The Balaban J connectivity index is 2.00. The Hall–Kier alpha value is -1.45. The summed E-state index contributed by atoms with van der Waals surface area (Å²) in [6.07, 6.45) is 0.902. The third kappa shape index (κ3) is 4.01. The number of ether oxygens (including phenoxy) is 1. The van der Waals surface area contributed by atoms with E-state index in [0.717, 1.165) is 12.0 Å². The number of aryl methyl sites for hydroxylation is 1. The van der Waals surface area contributed by atoms with Gasteiger partial charge in [-0.2, -0.15) is 0 Å². The van der Waals surface area contributed by atoms with Gasteiger partial charge < -0.3 is 4.74 Å². The first-order chi connectivity index (χ1) is 9.31. The maximum atomic E-state index is 12.3. The third-order valence-electron chi connectivity index (χ3n) is 2.93. The molecule has 0 aliphatic rings. The van der Waals surface area contributed by atoms with E-state index >= 15 is 0 Å². The molecule has 1 aromatic carbocycles. The zero-order valence-electron chi connectivity index (χ0n) is 11.0. The van der Waals surface area contributed by atoms with Crippen molar-refractivity contribution in [3.8, 4) is 0 Å². The van der Waals surface area contributed by atoms with Crippen LogP contribution in [0.1, 0.15) is 29.9 Å². The highest BCUT2D eigenvalue weighted by atomic mass is 32.1. The molecule has 100 valence electrons. The molecular weight excluding hydrogens is 256 g/mol. The molecule has 0 aliphatic heterocycles. The highest BCUT2D eigenvalue weighted by Crippen LogP contribution is 2.21. The summed E-state index contributed by atoms with van der Waals surface area (Å²) in [6.45, 7) is 2.47. The quantitative estimate of drug-likeness (QED) is 0.762. The molecule has 1 aromatic heterocycles. The molecule has 0 spiro atoms. The Bertz CT molecular complexity index is 491. The van der Waals surface area contributed by atoms with Gasteiger partial charge in [-0.05, 0) is 30.4 Å². The van der Waals surface area contributed by atoms with E-state index in [1.165, 1.54) is 4.88 Å². The van der Waals surface area contributed by atoms with Gasteiger partial charge in [0.25, 0.3) is 0 Å². The Kier molecular flexibility index (Phi) is 5.31. The van der Waals surface area contributed by atoms with Crippen molar-refractivity contribution in [3.05, 3.63) is 58.3 Å². The average Bonchev–Trinajstić information content (AvgIpc) is 2.96. The van der Waals surface area contributed by atoms with Crippen LogP contribution in [0.3, 0.4) is 0 Å². The molecule has 2 rings (SSSR count). The van der Waals surface area contributed by atoms with Crippen molar-refractivity contribution in [2.75, 3.05) is 6.61 Å². The van der Waals surface area contributed by atoms with Crippen molar-refractivity contribution in [1.29, 1.82) is 0 Å². The lowest BCUT2D eigenvalue weighted by Gasteiger charge is -2.16. The van der Waals surface area contributed by atoms with Crippen LogP contribution >= 0.6 is 11.3 Å². The predicted molar refractivity (Wildman–Crippen MR) is 78.5 cm³/mol. The van der Waals surface area contributed by atoms with E-state index in [0.29, 0.717) is 13.0 Å². The van der Waals surface area contributed by atoms with Gasteiger partial charge in [0.05, 0.1) is 0 Å². The number of hydrogen-bond acceptors (Lipinski definition) is 3. The molecule has 1 atom stereocenters. The fraction of sp³-hybridized carbons (Fsp3) is 0.312.